The van der Waals surface area contributed by atoms with E-state index in [1.165, 1.54) is 16.0 Å². The van der Waals surface area contributed by atoms with Gasteiger partial charge in [-0.3, -0.25) is 14.3 Å². The lowest BCUT2D eigenvalue weighted by Crippen LogP contribution is -2.27. The van der Waals surface area contributed by atoms with Crippen LogP contribution in [0.5, 0.6) is 0 Å². The minimum Gasteiger partial charge on any atom is -0.365 e. The number of aryl methyl sites for hydroxylation is 2. The van der Waals surface area contributed by atoms with Crippen LogP contribution in [-0.4, -0.2) is 40.1 Å². The van der Waals surface area contributed by atoms with Gasteiger partial charge in [0.15, 0.2) is 0 Å². The highest BCUT2D eigenvalue weighted by Crippen LogP contribution is 2.36. The summed E-state index contributed by atoms with van der Waals surface area (Å²) in [6.07, 6.45) is 0.765. The lowest BCUT2D eigenvalue weighted by Gasteiger charge is -2.22. The third-order valence-electron chi connectivity index (χ3n) is 3.96. The molecular weight excluding hydrogens is 350 g/mol. The van der Waals surface area contributed by atoms with E-state index in [0.29, 0.717) is 16.3 Å². The van der Waals surface area contributed by atoms with Gasteiger partial charge in [-0.1, -0.05) is 0 Å². The molecule has 0 unspecified atom stereocenters. The second kappa shape index (κ2) is 6.92. The van der Waals surface area contributed by atoms with E-state index in [1.54, 1.807) is 13.1 Å². The Labute approximate surface area is 150 Å². The van der Waals surface area contributed by atoms with E-state index in [1.807, 2.05) is 14.0 Å². The van der Waals surface area contributed by atoms with Gasteiger partial charge in [0.1, 0.15) is 10.7 Å². The highest BCUT2D eigenvalue weighted by molar-refractivity contribution is 7.17. The molecule has 0 aliphatic carbocycles. The smallest absolute Gasteiger partial charge is 0.274 e. The summed E-state index contributed by atoms with van der Waals surface area (Å²) in [7, 11) is 3.74. The van der Waals surface area contributed by atoms with E-state index in [-0.39, 0.29) is 18.3 Å². The van der Waals surface area contributed by atoms with Crippen molar-refractivity contribution in [3.63, 3.8) is 0 Å². The van der Waals surface area contributed by atoms with Crippen LogP contribution in [0.4, 0.5) is 5.00 Å². The van der Waals surface area contributed by atoms with Crippen molar-refractivity contribution >= 4 is 40.6 Å². The van der Waals surface area contributed by atoms with Crippen molar-refractivity contribution in [2.45, 2.75) is 19.9 Å². The number of hydrogen-bond donors (Lipinski definition) is 2. The summed E-state index contributed by atoms with van der Waals surface area (Å²) in [6.45, 7) is 3.46. The van der Waals surface area contributed by atoms with E-state index in [9.17, 15) is 9.59 Å². The number of rotatable bonds is 3. The molecule has 2 aromatic rings. The van der Waals surface area contributed by atoms with Crippen molar-refractivity contribution in [2.75, 3.05) is 18.9 Å². The van der Waals surface area contributed by atoms with Crippen molar-refractivity contribution < 1.29 is 9.59 Å². The van der Waals surface area contributed by atoms with E-state index in [0.717, 1.165) is 35.6 Å². The summed E-state index contributed by atoms with van der Waals surface area (Å²) in [5.41, 5.74) is 8.18. The van der Waals surface area contributed by atoms with Gasteiger partial charge in [-0.2, -0.15) is 5.10 Å². The number of amides is 2. The number of nitrogens with zero attached hydrogens (tertiary/aromatic N) is 3. The molecule has 0 fully saturated rings. The molecule has 3 heterocycles. The minimum absolute atomic E-state index is 0. The molecule has 3 rings (SSSR count). The number of hydrogen-bond acceptors (Lipinski definition) is 5. The first-order valence-corrected chi connectivity index (χ1v) is 8.13. The predicted molar refractivity (Wildman–Crippen MR) is 96.0 cm³/mol. The Morgan fingerprint density at radius 1 is 1.38 bits per heavy atom. The number of anilines is 1. The number of fused-ring (bicyclic) bond motifs is 1. The van der Waals surface area contributed by atoms with Crippen molar-refractivity contribution in [1.29, 1.82) is 0 Å². The number of nitrogens with one attached hydrogen (secondary N) is 1. The van der Waals surface area contributed by atoms with Crippen LogP contribution in [0.25, 0.3) is 0 Å². The SMILES string of the molecule is Cc1cc(C(=O)Nc2sc3c(c2C(N)=O)CCN(C)C3)n(C)n1.Cl. The Morgan fingerprint density at radius 2 is 2.08 bits per heavy atom. The van der Waals surface area contributed by atoms with E-state index in [2.05, 4.69) is 15.3 Å². The zero-order valence-electron chi connectivity index (χ0n) is 13.8. The van der Waals surface area contributed by atoms with Crippen LogP contribution in [0.2, 0.25) is 0 Å². The summed E-state index contributed by atoms with van der Waals surface area (Å²) in [6, 6.07) is 1.71. The molecule has 0 aromatic carbocycles. The molecule has 2 amide bonds. The molecule has 1 aliphatic heterocycles. The molecule has 9 heteroatoms. The largest absolute Gasteiger partial charge is 0.365 e. The summed E-state index contributed by atoms with van der Waals surface area (Å²) in [5.74, 6) is -0.786. The molecule has 3 N–H and O–H groups in total. The van der Waals surface area contributed by atoms with Gasteiger partial charge in [-0.15, -0.1) is 23.7 Å². The highest BCUT2D eigenvalue weighted by atomic mass is 35.5. The van der Waals surface area contributed by atoms with Gasteiger partial charge in [0.05, 0.1) is 11.3 Å². The topological polar surface area (TPSA) is 93.2 Å². The molecular formula is C15H20ClN5O2S. The fraction of sp³-hybridized carbons (Fsp3) is 0.400. The van der Waals surface area contributed by atoms with Gasteiger partial charge >= 0.3 is 0 Å². The average Bonchev–Trinajstić information content (AvgIpc) is 2.97. The van der Waals surface area contributed by atoms with Crippen molar-refractivity contribution in [3.8, 4) is 0 Å². The van der Waals surface area contributed by atoms with Crippen LogP contribution in [0.3, 0.4) is 0 Å². The van der Waals surface area contributed by atoms with Gasteiger partial charge in [-0.25, -0.2) is 0 Å². The van der Waals surface area contributed by atoms with E-state index < -0.39 is 5.91 Å². The molecule has 0 bridgehead atoms. The lowest BCUT2D eigenvalue weighted by molar-refractivity contribution is 0.1000. The average molecular weight is 370 g/mol. The summed E-state index contributed by atoms with van der Waals surface area (Å²) in [5, 5.41) is 7.53. The Hall–Kier alpha value is -1.90. The number of carbonyl (C=O) groups excluding carboxylic acids is 2. The normalized spacial score (nSPS) is 14.0. The number of thiophene rings is 1. The van der Waals surface area contributed by atoms with Gasteiger partial charge < -0.3 is 16.0 Å². The van der Waals surface area contributed by atoms with Crippen LogP contribution >= 0.6 is 23.7 Å². The highest BCUT2D eigenvalue weighted by Gasteiger charge is 2.27. The zero-order valence-corrected chi connectivity index (χ0v) is 15.4. The lowest BCUT2D eigenvalue weighted by atomic mass is 10.0. The molecule has 2 aromatic heterocycles. The maximum absolute atomic E-state index is 12.5. The third kappa shape index (κ3) is 3.31. The van der Waals surface area contributed by atoms with Crippen LogP contribution in [-0.2, 0) is 20.0 Å². The van der Waals surface area contributed by atoms with Gasteiger partial charge in [0.2, 0.25) is 0 Å². The molecule has 24 heavy (non-hydrogen) atoms. The van der Waals surface area contributed by atoms with Gasteiger partial charge in [-0.05, 0) is 32.0 Å². The van der Waals surface area contributed by atoms with Crippen molar-refractivity contribution in [2.24, 2.45) is 12.8 Å². The molecule has 1 aliphatic rings. The van der Waals surface area contributed by atoms with Crippen molar-refractivity contribution in [3.05, 3.63) is 33.5 Å². The molecule has 0 saturated heterocycles. The zero-order chi connectivity index (χ0) is 16.7. The number of halogens is 1. The standard InChI is InChI=1S/C15H19N5O2S.ClH/c1-8-6-10(20(3)18-8)14(22)17-15-12(13(16)21)9-4-5-19(2)7-11(9)23-15;/h6H,4-5,7H2,1-3H3,(H2,16,21)(H,17,22);1H. The van der Waals surface area contributed by atoms with Crippen LogP contribution in [0.15, 0.2) is 6.07 Å². The molecule has 0 atom stereocenters. The van der Waals surface area contributed by atoms with E-state index >= 15 is 0 Å². The van der Waals surface area contributed by atoms with Gasteiger partial charge in [0, 0.05) is 25.0 Å². The number of primary amides is 1. The maximum atomic E-state index is 12.5. The Morgan fingerprint density at radius 3 is 2.67 bits per heavy atom. The first-order chi connectivity index (χ1) is 10.9. The minimum atomic E-state index is -0.497. The number of carbonyl (C=O) groups is 2. The quantitative estimate of drug-likeness (QED) is 0.858. The molecule has 7 nitrogen and oxygen atoms in total. The fourth-order valence-electron chi connectivity index (χ4n) is 2.87. The Bertz CT molecular complexity index is 798. The van der Waals surface area contributed by atoms with Crippen LogP contribution in [0.1, 0.15) is 37.0 Å². The molecule has 130 valence electrons. The Balaban J connectivity index is 0.00000208. The maximum Gasteiger partial charge on any atom is 0.274 e. The predicted octanol–water partition coefficient (Wildman–Crippen LogP) is 1.55. The van der Waals surface area contributed by atoms with Crippen molar-refractivity contribution in [1.82, 2.24) is 14.7 Å². The van der Waals surface area contributed by atoms with E-state index in [4.69, 9.17) is 5.73 Å². The van der Waals surface area contributed by atoms with Crippen LogP contribution in [0, 0.1) is 6.92 Å². The summed E-state index contributed by atoms with van der Waals surface area (Å²) >= 11 is 1.43. The molecule has 0 spiro atoms. The molecule has 0 radical (unpaired) electrons. The number of nitrogens with two attached hydrogens (primary N) is 1. The third-order valence-corrected chi connectivity index (χ3v) is 5.09. The fourth-order valence-corrected chi connectivity index (χ4v) is 4.20. The first kappa shape index (κ1) is 18.4. The number of likely N-dealkylation sites (N-methyl/N-ethyl adjacent to an activating group) is 1. The number of aromatic nitrogens is 2. The summed E-state index contributed by atoms with van der Waals surface area (Å²) in [4.78, 5) is 27.6. The summed E-state index contributed by atoms with van der Waals surface area (Å²) < 4.78 is 1.52. The second-order valence-electron chi connectivity index (χ2n) is 5.81. The first-order valence-electron chi connectivity index (χ1n) is 7.31. The Kier molecular flexibility index (Phi) is 5.32. The monoisotopic (exact) mass is 369 g/mol. The molecule has 0 saturated carbocycles. The van der Waals surface area contributed by atoms with Gasteiger partial charge in [0.25, 0.3) is 11.8 Å². The second-order valence-corrected chi connectivity index (χ2v) is 6.91. The van der Waals surface area contributed by atoms with Crippen LogP contribution < -0.4 is 11.1 Å².